The molecular weight excluding hydrogens is 709 g/mol. The zero-order valence-electron chi connectivity index (χ0n) is 31.3. The van der Waals surface area contributed by atoms with E-state index in [-0.39, 0.29) is 12.1 Å². The maximum atomic E-state index is 9.10. The number of carboxylic acid groups (broad SMARTS) is 2. The Hall–Kier alpha value is -6.96. The molecule has 0 bridgehead atoms. The molecule has 0 spiro atoms. The molecule has 286 valence electrons. The Bertz CT molecular complexity index is 2250. The van der Waals surface area contributed by atoms with Crippen LogP contribution < -0.4 is 0 Å². The Kier molecular flexibility index (Phi) is 13.1. The fourth-order valence-corrected chi connectivity index (χ4v) is 6.44. The molecule has 4 aromatic carbocycles. The third kappa shape index (κ3) is 9.39. The minimum atomic E-state index is -1.82. The van der Waals surface area contributed by atoms with Crippen LogP contribution in [0.4, 0.5) is 0 Å². The molecule has 0 radical (unpaired) electrons. The van der Waals surface area contributed by atoms with Gasteiger partial charge in [-0.05, 0) is 59.4 Å². The second-order valence-electron chi connectivity index (χ2n) is 13.1. The zero-order chi connectivity index (χ0) is 39.3. The highest BCUT2D eigenvalue weighted by atomic mass is 16.4. The summed E-state index contributed by atoms with van der Waals surface area (Å²) >= 11 is 0. The van der Waals surface area contributed by atoms with E-state index in [1.165, 1.54) is 22.3 Å². The van der Waals surface area contributed by atoms with E-state index in [2.05, 4.69) is 139 Å². The van der Waals surface area contributed by atoms with Gasteiger partial charge in [-0.1, -0.05) is 110 Å². The molecule has 0 amide bonds. The largest absolute Gasteiger partial charge is 0.473 e. The Labute approximate surface area is 323 Å². The predicted molar refractivity (Wildman–Crippen MR) is 212 cm³/mol. The summed E-state index contributed by atoms with van der Waals surface area (Å²) in [7, 11) is 0. The lowest BCUT2D eigenvalue weighted by Gasteiger charge is -2.20. The lowest BCUT2D eigenvalue weighted by molar-refractivity contribution is -0.159. The molecule has 2 unspecified atom stereocenters. The molecule has 4 aromatic heterocycles. The van der Waals surface area contributed by atoms with E-state index in [1.807, 2.05) is 58.9 Å². The van der Waals surface area contributed by atoms with Gasteiger partial charge in [-0.2, -0.15) is 0 Å². The molecule has 4 heterocycles. The quantitative estimate of drug-likeness (QED) is 0.121. The molecule has 14 nitrogen and oxygen atoms in total. The number of carboxylic acids is 2. The maximum absolute atomic E-state index is 9.10. The van der Waals surface area contributed by atoms with Crippen LogP contribution in [0.3, 0.4) is 0 Å². The number of aryl methyl sites for hydroxylation is 2. The van der Waals surface area contributed by atoms with Gasteiger partial charge in [0.05, 0.1) is 35.8 Å². The van der Waals surface area contributed by atoms with E-state index >= 15 is 0 Å². The molecule has 2 atom stereocenters. The third-order valence-electron chi connectivity index (χ3n) is 9.21. The molecule has 0 saturated heterocycles. The van der Waals surface area contributed by atoms with Crippen LogP contribution in [0, 0.1) is 0 Å². The summed E-state index contributed by atoms with van der Waals surface area (Å²) in [6, 6.07) is 34.0. The van der Waals surface area contributed by atoms with Gasteiger partial charge in [0.2, 0.25) is 0 Å². The van der Waals surface area contributed by atoms with Gasteiger partial charge in [0.25, 0.3) is 0 Å². The number of nitrogens with zero attached hydrogens (tertiary/aromatic N) is 10. The van der Waals surface area contributed by atoms with Crippen LogP contribution in [0.5, 0.6) is 0 Å². The summed E-state index contributed by atoms with van der Waals surface area (Å²) in [5.41, 5.74) is 8.93. The van der Waals surface area contributed by atoms with Crippen LogP contribution in [0.25, 0.3) is 22.1 Å². The molecule has 0 saturated carbocycles. The Morgan fingerprint density at radius 1 is 0.571 bits per heavy atom. The van der Waals surface area contributed by atoms with Crippen LogP contribution in [0.15, 0.2) is 135 Å². The van der Waals surface area contributed by atoms with Crippen molar-refractivity contribution < 1.29 is 19.8 Å². The average molecular weight is 753 g/mol. The van der Waals surface area contributed by atoms with E-state index < -0.39 is 11.9 Å². The van der Waals surface area contributed by atoms with Crippen LogP contribution in [-0.4, -0.2) is 71.2 Å². The first kappa shape index (κ1) is 38.8. The Morgan fingerprint density at radius 2 is 0.982 bits per heavy atom. The van der Waals surface area contributed by atoms with Crippen molar-refractivity contribution in [1.29, 1.82) is 0 Å². The van der Waals surface area contributed by atoms with Crippen LogP contribution in [-0.2, 0) is 22.7 Å². The van der Waals surface area contributed by atoms with Crippen molar-refractivity contribution in [2.45, 2.75) is 64.7 Å². The summed E-state index contributed by atoms with van der Waals surface area (Å²) in [5, 5.41) is 32.0. The maximum Gasteiger partial charge on any atom is 0.414 e. The van der Waals surface area contributed by atoms with E-state index in [1.54, 1.807) is 0 Å². The molecular formula is C42H44N10O4. The summed E-state index contributed by atoms with van der Waals surface area (Å²) in [4.78, 5) is 26.7. The molecule has 0 aliphatic carbocycles. The summed E-state index contributed by atoms with van der Waals surface area (Å²) in [5.74, 6) is -3.65. The van der Waals surface area contributed by atoms with Gasteiger partial charge in [-0.15, -0.1) is 10.2 Å². The van der Waals surface area contributed by atoms with Gasteiger partial charge >= 0.3 is 11.9 Å². The predicted octanol–water partition coefficient (Wildman–Crippen LogP) is 7.29. The number of carbonyl (C=O) groups is 2. The van der Waals surface area contributed by atoms with Crippen molar-refractivity contribution in [1.82, 2.24) is 49.1 Å². The van der Waals surface area contributed by atoms with E-state index in [4.69, 9.17) is 19.8 Å². The van der Waals surface area contributed by atoms with E-state index in [0.717, 1.165) is 60.8 Å². The first-order valence-electron chi connectivity index (χ1n) is 18.5. The number of benzene rings is 4. The number of aliphatic carboxylic acids is 2. The summed E-state index contributed by atoms with van der Waals surface area (Å²) in [6.45, 7) is 6.18. The smallest absolute Gasteiger partial charge is 0.414 e. The SMILES string of the molecule is CCCCn1nnc2ccc(C(c3ccccc3)n3ccnc3)cc21.CCCCn1nnc2ccc(C(c3ccccc3)n3ccnc3)cc21.O=C(O)C(=O)O. The number of imidazole rings is 2. The lowest BCUT2D eigenvalue weighted by Crippen LogP contribution is -2.11. The van der Waals surface area contributed by atoms with Crippen molar-refractivity contribution in [2.24, 2.45) is 0 Å². The van der Waals surface area contributed by atoms with Crippen molar-refractivity contribution in [3.63, 3.8) is 0 Å². The Morgan fingerprint density at radius 3 is 1.32 bits per heavy atom. The lowest BCUT2D eigenvalue weighted by atomic mass is 9.98. The highest BCUT2D eigenvalue weighted by Crippen LogP contribution is 2.30. The van der Waals surface area contributed by atoms with Crippen molar-refractivity contribution in [2.75, 3.05) is 0 Å². The van der Waals surface area contributed by atoms with Crippen LogP contribution in [0.1, 0.15) is 73.9 Å². The molecule has 14 heteroatoms. The molecule has 56 heavy (non-hydrogen) atoms. The Balaban J connectivity index is 0.000000166. The van der Waals surface area contributed by atoms with Gasteiger partial charge < -0.3 is 19.3 Å². The van der Waals surface area contributed by atoms with Gasteiger partial charge in [0.1, 0.15) is 11.0 Å². The fraction of sp³-hybridized carbons (Fsp3) is 0.238. The van der Waals surface area contributed by atoms with Gasteiger partial charge in [-0.3, -0.25) is 0 Å². The first-order valence-corrected chi connectivity index (χ1v) is 18.5. The van der Waals surface area contributed by atoms with Crippen molar-refractivity contribution >= 4 is 34.0 Å². The second-order valence-corrected chi connectivity index (χ2v) is 13.1. The van der Waals surface area contributed by atoms with E-state index in [9.17, 15) is 0 Å². The molecule has 2 N–H and O–H groups in total. The number of hydrogen-bond donors (Lipinski definition) is 2. The van der Waals surface area contributed by atoms with Gasteiger partial charge in [0, 0.05) is 37.9 Å². The van der Waals surface area contributed by atoms with Gasteiger partial charge in [0.15, 0.2) is 0 Å². The summed E-state index contributed by atoms with van der Waals surface area (Å²) < 4.78 is 8.30. The minimum absolute atomic E-state index is 0.0858. The molecule has 0 aliphatic heterocycles. The zero-order valence-corrected chi connectivity index (χ0v) is 31.3. The molecule has 8 aromatic rings. The second kappa shape index (κ2) is 18.9. The fourth-order valence-electron chi connectivity index (χ4n) is 6.44. The minimum Gasteiger partial charge on any atom is -0.473 e. The third-order valence-corrected chi connectivity index (χ3v) is 9.21. The number of aromatic nitrogens is 10. The first-order chi connectivity index (χ1) is 27.4. The summed E-state index contributed by atoms with van der Waals surface area (Å²) in [6.07, 6.45) is 15.9. The molecule has 8 rings (SSSR count). The number of unbranched alkanes of at least 4 members (excludes halogenated alkanes) is 2. The number of rotatable bonds is 12. The van der Waals surface area contributed by atoms with Crippen molar-refractivity contribution in [3.05, 3.63) is 157 Å². The number of hydrogen-bond acceptors (Lipinski definition) is 8. The molecule has 0 aliphatic rings. The molecule has 0 fully saturated rings. The normalized spacial score (nSPS) is 12.0. The monoisotopic (exact) mass is 752 g/mol. The van der Waals surface area contributed by atoms with E-state index in [0.29, 0.717) is 0 Å². The number of fused-ring (bicyclic) bond motifs is 2. The highest BCUT2D eigenvalue weighted by Gasteiger charge is 2.19. The standard InChI is InChI=1S/2C20H21N5.C2H2O4/c2*1-2-3-12-25-19-14-17(9-10-18(19)22-23-25)20(24-13-11-21-15-24)16-7-5-4-6-8-16;3-1(4)2(5)6/h2*4-11,13-15,20H,2-3,12H2,1H3;(H,3,4)(H,5,6). The van der Waals surface area contributed by atoms with Crippen LogP contribution >= 0.6 is 0 Å². The topological polar surface area (TPSA) is 172 Å². The van der Waals surface area contributed by atoms with Crippen LogP contribution in [0.2, 0.25) is 0 Å². The highest BCUT2D eigenvalue weighted by molar-refractivity contribution is 6.27. The van der Waals surface area contributed by atoms with Crippen molar-refractivity contribution in [3.8, 4) is 0 Å². The van der Waals surface area contributed by atoms with Gasteiger partial charge in [-0.25, -0.2) is 28.9 Å². The average Bonchev–Trinajstić information content (AvgIpc) is 4.07.